The molecule has 1 aromatic carbocycles. The van der Waals surface area contributed by atoms with E-state index in [1.807, 2.05) is 0 Å². The number of carboxylic acids is 1. The highest BCUT2D eigenvalue weighted by atomic mass is 35.5. The van der Waals surface area contributed by atoms with Crippen molar-refractivity contribution >= 4 is 29.3 Å². The van der Waals surface area contributed by atoms with Gasteiger partial charge in [0.25, 0.3) is 5.69 Å². The number of hydrogen-bond donors (Lipinski definition) is 1. The lowest BCUT2D eigenvalue weighted by molar-refractivity contribution is -0.384. The number of carbonyl (C=O) groups is 1. The maximum absolute atomic E-state index is 10.5. The van der Waals surface area contributed by atoms with Crippen LogP contribution in [0.5, 0.6) is 0 Å². The van der Waals surface area contributed by atoms with Crippen molar-refractivity contribution < 1.29 is 14.8 Å². The Hall–Kier alpha value is -1.88. The zero-order chi connectivity index (χ0) is 12.1. The number of nitro benzene ring substituents is 1. The summed E-state index contributed by atoms with van der Waals surface area (Å²) in [6.07, 6.45) is 2.68. The molecule has 0 radical (unpaired) electrons. The molecule has 0 spiro atoms. The zero-order valence-electron chi connectivity index (χ0n) is 8.09. The summed E-state index contributed by atoms with van der Waals surface area (Å²) in [6, 6.07) is 3.98. The van der Waals surface area contributed by atoms with Crippen molar-refractivity contribution in [2.75, 3.05) is 0 Å². The summed E-state index contributed by atoms with van der Waals surface area (Å²) in [5.41, 5.74) is 0.344. The van der Waals surface area contributed by atoms with Gasteiger partial charge in [0.15, 0.2) is 0 Å². The van der Waals surface area contributed by atoms with Crippen LogP contribution in [0, 0.1) is 10.1 Å². The van der Waals surface area contributed by atoms with Crippen LogP contribution in [0.25, 0.3) is 6.08 Å². The minimum absolute atomic E-state index is 0.0839. The number of benzene rings is 1. The Labute approximate surface area is 96.1 Å². The van der Waals surface area contributed by atoms with Crippen molar-refractivity contribution in [3.8, 4) is 0 Å². The molecule has 1 N–H and O–H groups in total. The van der Waals surface area contributed by atoms with Crippen molar-refractivity contribution in [1.82, 2.24) is 0 Å². The highest BCUT2D eigenvalue weighted by Gasteiger charge is 2.07. The molecule has 0 saturated heterocycles. The van der Waals surface area contributed by atoms with Gasteiger partial charge in [0.05, 0.1) is 11.3 Å². The Bertz CT molecular complexity index is 456. The van der Waals surface area contributed by atoms with E-state index in [1.165, 1.54) is 30.4 Å². The number of nitrogens with zero attached hydrogens (tertiary/aromatic N) is 1. The van der Waals surface area contributed by atoms with Crippen molar-refractivity contribution in [3.63, 3.8) is 0 Å². The molecule has 0 bridgehead atoms. The van der Waals surface area contributed by atoms with E-state index in [1.54, 1.807) is 0 Å². The summed E-state index contributed by atoms with van der Waals surface area (Å²) >= 11 is 5.79. The van der Waals surface area contributed by atoms with Crippen molar-refractivity contribution in [3.05, 3.63) is 45.0 Å². The van der Waals surface area contributed by atoms with E-state index in [9.17, 15) is 14.9 Å². The second-order valence-corrected chi connectivity index (χ2v) is 3.37. The molecule has 84 valence electrons. The SMILES string of the molecule is O=C(O)CC=Cc1cc([N+](=O)[O-])ccc1Cl. The quantitative estimate of drug-likeness (QED) is 0.649. The third-order valence-electron chi connectivity index (χ3n) is 1.78. The topological polar surface area (TPSA) is 80.4 Å². The molecule has 0 saturated carbocycles. The predicted molar refractivity (Wildman–Crippen MR) is 59.4 cm³/mol. The lowest BCUT2D eigenvalue weighted by Gasteiger charge is -1.97. The van der Waals surface area contributed by atoms with Gasteiger partial charge in [-0.1, -0.05) is 23.8 Å². The number of carboxylic acid groups (broad SMARTS) is 1. The number of halogens is 1. The summed E-state index contributed by atoms with van der Waals surface area (Å²) in [5.74, 6) is -0.974. The van der Waals surface area contributed by atoms with Gasteiger partial charge >= 0.3 is 5.97 Å². The van der Waals surface area contributed by atoms with Gasteiger partial charge in [0.1, 0.15) is 0 Å². The zero-order valence-corrected chi connectivity index (χ0v) is 8.85. The van der Waals surface area contributed by atoms with E-state index in [-0.39, 0.29) is 12.1 Å². The monoisotopic (exact) mass is 241 g/mol. The van der Waals surface area contributed by atoms with E-state index in [0.717, 1.165) is 0 Å². The lowest BCUT2D eigenvalue weighted by atomic mass is 10.2. The highest BCUT2D eigenvalue weighted by molar-refractivity contribution is 6.32. The van der Waals surface area contributed by atoms with Gasteiger partial charge in [-0.25, -0.2) is 0 Å². The van der Waals surface area contributed by atoms with Crippen LogP contribution >= 0.6 is 11.6 Å². The minimum atomic E-state index is -0.974. The molecule has 5 nitrogen and oxygen atoms in total. The Morgan fingerprint density at radius 3 is 2.81 bits per heavy atom. The van der Waals surface area contributed by atoms with E-state index in [2.05, 4.69) is 0 Å². The average molecular weight is 242 g/mol. The van der Waals surface area contributed by atoms with Crippen LogP contribution in [-0.4, -0.2) is 16.0 Å². The third-order valence-corrected chi connectivity index (χ3v) is 2.12. The Balaban J connectivity index is 2.94. The van der Waals surface area contributed by atoms with Gasteiger partial charge in [0.2, 0.25) is 0 Å². The van der Waals surface area contributed by atoms with E-state index in [0.29, 0.717) is 10.6 Å². The fourth-order valence-corrected chi connectivity index (χ4v) is 1.24. The molecule has 1 rings (SSSR count). The molecule has 0 atom stereocenters. The van der Waals surface area contributed by atoms with Crippen molar-refractivity contribution in [2.24, 2.45) is 0 Å². The van der Waals surface area contributed by atoms with E-state index in [4.69, 9.17) is 16.7 Å². The first kappa shape index (κ1) is 12.2. The molecule has 1 aromatic rings. The first-order valence-corrected chi connectivity index (χ1v) is 4.71. The minimum Gasteiger partial charge on any atom is -0.481 e. The van der Waals surface area contributed by atoms with Crippen LogP contribution < -0.4 is 0 Å². The first-order chi connectivity index (χ1) is 7.50. The molecule has 0 aliphatic rings. The van der Waals surface area contributed by atoms with E-state index < -0.39 is 10.9 Å². The molecular weight excluding hydrogens is 234 g/mol. The van der Waals surface area contributed by atoms with Crippen LogP contribution in [0.15, 0.2) is 24.3 Å². The number of non-ortho nitro benzene ring substituents is 1. The molecule has 16 heavy (non-hydrogen) atoms. The fourth-order valence-electron chi connectivity index (χ4n) is 1.06. The van der Waals surface area contributed by atoms with Gasteiger partial charge < -0.3 is 5.11 Å². The normalized spacial score (nSPS) is 10.6. The molecule has 0 fully saturated rings. The Morgan fingerprint density at radius 1 is 1.56 bits per heavy atom. The lowest BCUT2D eigenvalue weighted by Crippen LogP contribution is -1.90. The summed E-state index contributed by atoms with van der Waals surface area (Å²) in [4.78, 5) is 20.2. The molecule has 0 heterocycles. The first-order valence-electron chi connectivity index (χ1n) is 4.33. The summed E-state index contributed by atoms with van der Waals surface area (Å²) in [6.45, 7) is 0. The molecule has 0 amide bonds. The Morgan fingerprint density at radius 2 is 2.25 bits per heavy atom. The maximum Gasteiger partial charge on any atom is 0.307 e. The summed E-state index contributed by atoms with van der Waals surface area (Å²) in [5, 5.41) is 19.2. The second-order valence-electron chi connectivity index (χ2n) is 2.96. The number of rotatable bonds is 4. The van der Waals surface area contributed by atoms with Crippen molar-refractivity contribution in [2.45, 2.75) is 6.42 Å². The molecular formula is C10H8ClNO4. The standard InChI is InChI=1S/C10H8ClNO4/c11-9-5-4-8(12(15)16)6-7(9)2-1-3-10(13)14/h1-2,4-6H,3H2,(H,13,14). The van der Waals surface area contributed by atoms with Crippen LogP contribution in [0.2, 0.25) is 5.02 Å². The molecule has 0 aliphatic carbocycles. The largest absolute Gasteiger partial charge is 0.481 e. The van der Waals surface area contributed by atoms with Crippen LogP contribution in [0.1, 0.15) is 12.0 Å². The Kier molecular flexibility index (Phi) is 4.02. The smallest absolute Gasteiger partial charge is 0.307 e. The average Bonchev–Trinajstić information content (AvgIpc) is 2.20. The van der Waals surface area contributed by atoms with Crippen LogP contribution in [0.4, 0.5) is 5.69 Å². The number of nitro groups is 1. The summed E-state index contributed by atoms with van der Waals surface area (Å²) < 4.78 is 0. The summed E-state index contributed by atoms with van der Waals surface area (Å²) in [7, 11) is 0. The highest BCUT2D eigenvalue weighted by Crippen LogP contribution is 2.23. The maximum atomic E-state index is 10.5. The molecule has 0 aliphatic heterocycles. The third kappa shape index (κ3) is 3.36. The van der Waals surface area contributed by atoms with E-state index >= 15 is 0 Å². The second kappa shape index (κ2) is 5.27. The van der Waals surface area contributed by atoms with Gasteiger partial charge in [0, 0.05) is 17.2 Å². The van der Waals surface area contributed by atoms with Gasteiger partial charge in [-0.05, 0) is 11.6 Å². The molecule has 0 unspecified atom stereocenters. The fraction of sp³-hybridized carbons (Fsp3) is 0.100. The number of hydrogen-bond acceptors (Lipinski definition) is 3. The number of aliphatic carboxylic acids is 1. The van der Waals surface area contributed by atoms with Crippen LogP contribution in [0.3, 0.4) is 0 Å². The molecule has 0 aromatic heterocycles. The van der Waals surface area contributed by atoms with Gasteiger partial charge in [-0.15, -0.1) is 0 Å². The van der Waals surface area contributed by atoms with Crippen LogP contribution in [-0.2, 0) is 4.79 Å². The predicted octanol–water partition coefficient (Wildman–Crippen LogP) is 2.74. The van der Waals surface area contributed by atoms with Gasteiger partial charge in [-0.2, -0.15) is 0 Å². The van der Waals surface area contributed by atoms with Gasteiger partial charge in [-0.3, -0.25) is 14.9 Å². The molecule has 6 heteroatoms. The van der Waals surface area contributed by atoms with Crippen molar-refractivity contribution in [1.29, 1.82) is 0 Å².